The molecule has 5 nitrogen and oxygen atoms in total. The summed E-state index contributed by atoms with van der Waals surface area (Å²) >= 11 is 1.75. The summed E-state index contributed by atoms with van der Waals surface area (Å²) in [6.07, 6.45) is 1.38. The molecule has 1 aromatic rings. The Morgan fingerprint density at radius 2 is 2.05 bits per heavy atom. The number of nitrogens with one attached hydrogen (secondary N) is 1. The molecule has 21 heavy (non-hydrogen) atoms. The third-order valence-corrected chi connectivity index (χ3v) is 3.98. The predicted molar refractivity (Wildman–Crippen MR) is 81.0 cm³/mol. The molecular weight excluding hydrogens is 290 g/mol. The van der Waals surface area contributed by atoms with Crippen LogP contribution in [0, 0.1) is 0 Å². The summed E-state index contributed by atoms with van der Waals surface area (Å²) in [6, 6.07) is 8.05. The number of aliphatic carboxylic acids is 1. The average Bonchev–Trinajstić information content (AvgIpc) is 2.96. The molecule has 1 fully saturated rings. The van der Waals surface area contributed by atoms with Crippen LogP contribution in [0.15, 0.2) is 24.3 Å². The fourth-order valence-electron chi connectivity index (χ4n) is 2.31. The molecule has 0 aliphatic carbocycles. The normalized spacial score (nSPS) is 21.2. The molecule has 0 spiro atoms. The van der Waals surface area contributed by atoms with Gasteiger partial charge in [0.05, 0.1) is 0 Å². The van der Waals surface area contributed by atoms with E-state index >= 15 is 0 Å². The van der Waals surface area contributed by atoms with Crippen molar-refractivity contribution in [2.75, 3.05) is 6.26 Å². The molecule has 0 aromatic heterocycles. The van der Waals surface area contributed by atoms with Gasteiger partial charge in [0.25, 0.3) is 0 Å². The monoisotopic (exact) mass is 309 g/mol. The lowest BCUT2D eigenvalue weighted by atomic mass is 10.1. The zero-order valence-electron chi connectivity index (χ0n) is 11.9. The first-order valence-corrected chi connectivity index (χ1v) is 8.22. The van der Waals surface area contributed by atoms with Crippen molar-refractivity contribution < 1.29 is 19.4 Å². The molecule has 1 aliphatic heterocycles. The van der Waals surface area contributed by atoms with Crippen LogP contribution in [0.1, 0.15) is 24.0 Å². The summed E-state index contributed by atoms with van der Waals surface area (Å²) in [5, 5.41) is 11.6. The van der Waals surface area contributed by atoms with E-state index in [-0.39, 0.29) is 5.91 Å². The lowest BCUT2D eigenvalue weighted by molar-refractivity contribution is -0.151. The molecule has 1 heterocycles. The van der Waals surface area contributed by atoms with Crippen LogP contribution in [-0.4, -0.2) is 35.4 Å². The van der Waals surface area contributed by atoms with Crippen LogP contribution < -0.4 is 5.32 Å². The van der Waals surface area contributed by atoms with Gasteiger partial charge in [0.15, 0.2) is 6.10 Å². The molecule has 0 radical (unpaired) electrons. The lowest BCUT2D eigenvalue weighted by Gasteiger charge is -2.12. The third kappa shape index (κ3) is 4.47. The molecule has 0 saturated carbocycles. The molecule has 6 heteroatoms. The van der Waals surface area contributed by atoms with Crippen LogP contribution in [0.25, 0.3) is 0 Å². The standard InChI is InChI=1S/C15H19NO4S/c1-21-9-11-4-2-3-10(7-11)8-16-14(17)12-5-6-13(20-12)15(18)19/h2-4,7,12-13H,5-6,8-9H2,1H3,(H,16,17)(H,18,19)/t12-,13+/m0/s1. The van der Waals surface area contributed by atoms with E-state index in [0.717, 1.165) is 11.3 Å². The number of ether oxygens (including phenoxy) is 1. The van der Waals surface area contributed by atoms with Crippen molar-refractivity contribution >= 4 is 23.6 Å². The van der Waals surface area contributed by atoms with Crippen LogP contribution in [0.2, 0.25) is 0 Å². The number of hydrogen-bond donors (Lipinski definition) is 2. The zero-order chi connectivity index (χ0) is 15.2. The Hall–Kier alpha value is -1.53. The van der Waals surface area contributed by atoms with E-state index in [1.165, 1.54) is 5.56 Å². The van der Waals surface area contributed by atoms with Gasteiger partial charge in [-0.3, -0.25) is 4.79 Å². The first-order valence-electron chi connectivity index (χ1n) is 6.83. The number of carbonyl (C=O) groups excluding carboxylic acids is 1. The molecular formula is C15H19NO4S. The van der Waals surface area contributed by atoms with Crippen molar-refractivity contribution in [3.63, 3.8) is 0 Å². The minimum absolute atomic E-state index is 0.242. The fourth-order valence-corrected chi connectivity index (χ4v) is 2.82. The summed E-state index contributed by atoms with van der Waals surface area (Å²) in [4.78, 5) is 22.8. The second kappa shape index (κ2) is 7.47. The highest BCUT2D eigenvalue weighted by molar-refractivity contribution is 7.97. The molecule has 1 aromatic carbocycles. The summed E-state index contributed by atoms with van der Waals surface area (Å²) in [5.74, 6) is -0.308. The Labute approximate surface area is 128 Å². The van der Waals surface area contributed by atoms with Gasteiger partial charge in [0, 0.05) is 12.3 Å². The van der Waals surface area contributed by atoms with Crippen LogP contribution in [-0.2, 0) is 26.6 Å². The Kier molecular flexibility index (Phi) is 5.64. The first-order chi connectivity index (χ1) is 10.1. The van der Waals surface area contributed by atoms with Crippen LogP contribution >= 0.6 is 11.8 Å². The molecule has 2 N–H and O–H groups in total. The van der Waals surface area contributed by atoms with Gasteiger partial charge < -0.3 is 15.2 Å². The molecule has 1 saturated heterocycles. The van der Waals surface area contributed by atoms with Crippen LogP contribution in [0.3, 0.4) is 0 Å². The smallest absolute Gasteiger partial charge is 0.332 e. The highest BCUT2D eigenvalue weighted by Crippen LogP contribution is 2.20. The number of benzene rings is 1. The number of rotatable bonds is 6. The second-order valence-corrected chi connectivity index (χ2v) is 5.87. The first kappa shape index (κ1) is 15.9. The quantitative estimate of drug-likeness (QED) is 0.838. The number of carboxylic acids is 1. The van der Waals surface area contributed by atoms with Gasteiger partial charge in [-0.25, -0.2) is 4.79 Å². The summed E-state index contributed by atoms with van der Waals surface area (Å²) in [7, 11) is 0. The van der Waals surface area contributed by atoms with Crippen LogP contribution in [0.5, 0.6) is 0 Å². The van der Waals surface area contributed by atoms with Crippen molar-refractivity contribution in [1.29, 1.82) is 0 Å². The lowest BCUT2D eigenvalue weighted by Crippen LogP contribution is -2.35. The van der Waals surface area contributed by atoms with E-state index in [1.807, 2.05) is 18.4 Å². The van der Waals surface area contributed by atoms with E-state index in [9.17, 15) is 9.59 Å². The Morgan fingerprint density at radius 1 is 1.33 bits per heavy atom. The number of carbonyl (C=O) groups is 2. The number of thioether (sulfide) groups is 1. The highest BCUT2D eigenvalue weighted by Gasteiger charge is 2.34. The van der Waals surface area contributed by atoms with Crippen molar-refractivity contribution in [3.05, 3.63) is 35.4 Å². The molecule has 0 bridgehead atoms. The third-order valence-electron chi connectivity index (χ3n) is 3.36. The maximum atomic E-state index is 12.0. The molecule has 114 valence electrons. The minimum atomic E-state index is -1.00. The number of hydrogen-bond acceptors (Lipinski definition) is 4. The molecule has 2 atom stereocenters. The topological polar surface area (TPSA) is 75.6 Å². The van der Waals surface area contributed by atoms with Crippen LogP contribution in [0.4, 0.5) is 0 Å². The fraction of sp³-hybridized carbons (Fsp3) is 0.467. The zero-order valence-corrected chi connectivity index (χ0v) is 12.7. The summed E-state index contributed by atoms with van der Waals surface area (Å²) < 4.78 is 5.22. The molecule has 1 amide bonds. The van der Waals surface area contributed by atoms with Gasteiger partial charge in [-0.15, -0.1) is 0 Å². The Balaban J connectivity index is 1.84. The minimum Gasteiger partial charge on any atom is -0.479 e. The SMILES string of the molecule is CSCc1cccc(CNC(=O)[C@@H]2CC[C@H](C(=O)O)O2)c1. The maximum absolute atomic E-state index is 12.0. The van der Waals surface area contributed by atoms with Gasteiger partial charge in [0.2, 0.25) is 5.91 Å². The number of amides is 1. The van der Waals surface area contributed by atoms with E-state index in [2.05, 4.69) is 17.4 Å². The van der Waals surface area contributed by atoms with Crippen molar-refractivity contribution in [1.82, 2.24) is 5.32 Å². The maximum Gasteiger partial charge on any atom is 0.332 e. The second-order valence-electron chi connectivity index (χ2n) is 5.00. The summed E-state index contributed by atoms with van der Waals surface area (Å²) in [5.41, 5.74) is 2.25. The summed E-state index contributed by atoms with van der Waals surface area (Å²) in [6.45, 7) is 0.429. The van der Waals surface area contributed by atoms with E-state index in [0.29, 0.717) is 19.4 Å². The predicted octanol–water partition coefficient (Wildman–Crippen LogP) is 1.80. The molecule has 0 unspecified atom stereocenters. The van der Waals surface area contributed by atoms with Gasteiger partial charge in [0.1, 0.15) is 6.10 Å². The van der Waals surface area contributed by atoms with Crippen molar-refractivity contribution in [3.8, 4) is 0 Å². The van der Waals surface area contributed by atoms with Crippen molar-refractivity contribution in [2.24, 2.45) is 0 Å². The van der Waals surface area contributed by atoms with E-state index in [1.54, 1.807) is 11.8 Å². The molecule has 2 rings (SSSR count). The number of carboxylic acid groups (broad SMARTS) is 1. The Bertz CT molecular complexity index is 520. The molecule has 1 aliphatic rings. The van der Waals surface area contributed by atoms with Gasteiger partial charge in [-0.05, 0) is 30.2 Å². The Morgan fingerprint density at radius 3 is 2.71 bits per heavy atom. The largest absolute Gasteiger partial charge is 0.479 e. The van der Waals surface area contributed by atoms with E-state index < -0.39 is 18.2 Å². The average molecular weight is 309 g/mol. The van der Waals surface area contributed by atoms with Gasteiger partial charge in [-0.2, -0.15) is 11.8 Å². The van der Waals surface area contributed by atoms with Crippen molar-refractivity contribution in [2.45, 2.75) is 37.3 Å². The highest BCUT2D eigenvalue weighted by atomic mass is 32.2. The van der Waals surface area contributed by atoms with E-state index in [4.69, 9.17) is 9.84 Å². The van der Waals surface area contributed by atoms with Gasteiger partial charge in [-0.1, -0.05) is 24.3 Å². The van der Waals surface area contributed by atoms with Gasteiger partial charge >= 0.3 is 5.97 Å².